The predicted octanol–water partition coefficient (Wildman–Crippen LogP) is -0.166. The third-order valence-corrected chi connectivity index (χ3v) is 3.17. The van der Waals surface area contributed by atoms with E-state index < -0.39 is 10.0 Å². The highest BCUT2D eigenvalue weighted by Crippen LogP contribution is 2.13. The highest BCUT2D eigenvalue weighted by Gasteiger charge is 2.14. The zero-order valence-corrected chi connectivity index (χ0v) is 8.87. The normalized spacial score (nSPS) is 10.9. The molecular weight excluding hydrogens is 216 g/mol. The van der Waals surface area contributed by atoms with Crippen LogP contribution in [0.2, 0.25) is 0 Å². The Morgan fingerprint density at radius 3 is 2.87 bits per heavy atom. The summed E-state index contributed by atoms with van der Waals surface area (Å²) in [6.07, 6.45) is 1.12. The third-order valence-electron chi connectivity index (χ3n) is 1.66. The van der Waals surface area contributed by atoms with Gasteiger partial charge in [-0.05, 0) is 6.07 Å². The van der Waals surface area contributed by atoms with Gasteiger partial charge in [0.25, 0.3) is 0 Å². The molecule has 1 aromatic rings. The number of aromatic nitrogens is 1. The standard InChI is InChI=1S/C8H10N4O2S/c1-2-12-15(13,14)7-3-6(4-9)8(10)11-5-7/h3,5,12H,2H2,1H3,(H2,10,11). The molecule has 0 saturated carbocycles. The summed E-state index contributed by atoms with van der Waals surface area (Å²) in [7, 11) is -3.58. The van der Waals surface area contributed by atoms with Gasteiger partial charge in [-0.3, -0.25) is 0 Å². The van der Waals surface area contributed by atoms with Crippen LogP contribution in [-0.4, -0.2) is 19.9 Å². The molecule has 7 heteroatoms. The molecule has 0 aliphatic heterocycles. The Bertz CT molecular complexity index is 504. The van der Waals surface area contributed by atoms with Gasteiger partial charge in [0.15, 0.2) is 0 Å². The zero-order chi connectivity index (χ0) is 11.5. The van der Waals surface area contributed by atoms with Gasteiger partial charge in [-0.15, -0.1) is 0 Å². The second-order valence-electron chi connectivity index (χ2n) is 2.72. The van der Waals surface area contributed by atoms with E-state index >= 15 is 0 Å². The topological polar surface area (TPSA) is 109 Å². The minimum absolute atomic E-state index is 0.0212. The highest BCUT2D eigenvalue weighted by atomic mass is 32.2. The van der Waals surface area contributed by atoms with Crippen molar-refractivity contribution in [3.05, 3.63) is 17.8 Å². The molecular formula is C8H10N4O2S. The Hall–Kier alpha value is -1.65. The molecule has 1 rings (SSSR count). The van der Waals surface area contributed by atoms with Gasteiger partial charge in [0.1, 0.15) is 16.8 Å². The van der Waals surface area contributed by atoms with Crippen LogP contribution in [0.25, 0.3) is 0 Å². The highest BCUT2D eigenvalue weighted by molar-refractivity contribution is 7.89. The Kier molecular flexibility index (Phi) is 3.24. The number of nitriles is 1. The van der Waals surface area contributed by atoms with E-state index in [2.05, 4.69) is 9.71 Å². The molecule has 3 N–H and O–H groups in total. The molecule has 6 nitrogen and oxygen atoms in total. The van der Waals surface area contributed by atoms with Gasteiger partial charge in [0.2, 0.25) is 10.0 Å². The van der Waals surface area contributed by atoms with Crippen LogP contribution < -0.4 is 10.5 Å². The number of rotatable bonds is 3. The maximum absolute atomic E-state index is 11.5. The van der Waals surface area contributed by atoms with Crippen molar-refractivity contribution in [2.24, 2.45) is 0 Å². The first-order valence-corrected chi connectivity index (χ1v) is 5.65. The van der Waals surface area contributed by atoms with Gasteiger partial charge in [-0.2, -0.15) is 5.26 Å². The molecule has 0 aromatic carbocycles. The van der Waals surface area contributed by atoms with Crippen LogP contribution in [-0.2, 0) is 10.0 Å². The van der Waals surface area contributed by atoms with Gasteiger partial charge in [-0.1, -0.05) is 6.92 Å². The smallest absolute Gasteiger partial charge is 0.242 e. The Labute approximate surface area is 87.8 Å². The average molecular weight is 226 g/mol. The fraction of sp³-hybridized carbons (Fsp3) is 0.250. The lowest BCUT2D eigenvalue weighted by molar-refractivity contribution is 0.583. The molecule has 0 aliphatic carbocycles. The van der Waals surface area contributed by atoms with E-state index in [1.807, 2.05) is 0 Å². The van der Waals surface area contributed by atoms with Crippen LogP contribution in [0.4, 0.5) is 5.82 Å². The zero-order valence-electron chi connectivity index (χ0n) is 8.06. The van der Waals surface area contributed by atoms with Crippen molar-refractivity contribution in [3.63, 3.8) is 0 Å². The Morgan fingerprint density at radius 2 is 2.33 bits per heavy atom. The second-order valence-corrected chi connectivity index (χ2v) is 4.48. The van der Waals surface area contributed by atoms with Crippen molar-refractivity contribution in [2.45, 2.75) is 11.8 Å². The second kappa shape index (κ2) is 4.25. The minimum Gasteiger partial charge on any atom is -0.383 e. The molecule has 1 heterocycles. The summed E-state index contributed by atoms with van der Waals surface area (Å²) < 4.78 is 25.3. The molecule has 1 aromatic heterocycles. The van der Waals surface area contributed by atoms with Crippen molar-refractivity contribution >= 4 is 15.8 Å². The summed E-state index contributed by atoms with van der Waals surface area (Å²) in [5.41, 5.74) is 5.42. The van der Waals surface area contributed by atoms with Gasteiger partial charge >= 0.3 is 0 Å². The van der Waals surface area contributed by atoms with Crippen LogP contribution in [0.5, 0.6) is 0 Å². The minimum atomic E-state index is -3.58. The van der Waals surface area contributed by atoms with Crippen LogP contribution in [0.15, 0.2) is 17.2 Å². The molecule has 0 amide bonds. The summed E-state index contributed by atoms with van der Waals surface area (Å²) in [4.78, 5) is 3.57. The van der Waals surface area contributed by atoms with E-state index in [1.165, 1.54) is 6.07 Å². The summed E-state index contributed by atoms with van der Waals surface area (Å²) in [5, 5.41) is 8.65. The Morgan fingerprint density at radius 1 is 1.67 bits per heavy atom. The molecule has 0 saturated heterocycles. The van der Waals surface area contributed by atoms with Crippen molar-refractivity contribution in [2.75, 3.05) is 12.3 Å². The van der Waals surface area contributed by atoms with E-state index in [4.69, 9.17) is 11.0 Å². The molecule has 0 radical (unpaired) electrons. The van der Waals surface area contributed by atoms with Crippen molar-refractivity contribution in [1.82, 2.24) is 9.71 Å². The quantitative estimate of drug-likeness (QED) is 0.744. The monoisotopic (exact) mass is 226 g/mol. The molecule has 0 fully saturated rings. The first kappa shape index (κ1) is 11.4. The number of pyridine rings is 1. The predicted molar refractivity (Wildman–Crippen MR) is 54.2 cm³/mol. The number of hydrogen-bond acceptors (Lipinski definition) is 5. The molecule has 15 heavy (non-hydrogen) atoms. The van der Waals surface area contributed by atoms with Crippen LogP contribution in [0, 0.1) is 11.3 Å². The first-order valence-electron chi connectivity index (χ1n) is 4.16. The van der Waals surface area contributed by atoms with E-state index in [1.54, 1.807) is 13.0 Å². The van der Waals surface area contributed by atoms with Crippen molar-refractivity contribution < 1.29 is 8.42 Å². The fourth-order valence-corrected chi connectivity index (χ4v) is 1.98. The lowest BCUT2D eigenvalue weighted by Gasteiger charge is -2.04. The van der Waals surface area contributed by atoms with E-state index in [0.29, 0.717) is 0 Å². The SMILES string of the molecule is CCNS(=O)(=O)c1cnc(N)c(C#N)c1. The van der Waals surface area contributed by atoms with E-state index in [0.717, 1.165) is 6.20 Å². The van der Waals surface area contributed by atoms with Crippen LogP contribution >= 0.6 is 0 Å². The Balaban J connectivity index is 3.24. The number of nitrogens with two attached hydrogens (primary N) is 1. The van der Waals surface area contributed by atoms with Gasteiger partial charge < -0.3 is 5.73 Å². The van der Waals surface area contributed by atoms with Gasteiger partial charge in [-0.25, -0.2) is 18.1 Å². The summed E-state index contributed by atoms with van der Waals surface area (Å²) in [6.45, 7) is 1.93. The summed E-state index contributed by atoms with van der Waals surface area (Å²) >= 11 is 0. The molecule has 0 unspecified atom stereocenters. The number of nitrogens with zero attached hydrogens (tertiary/aromatic N) is 2. The van der Waals surface area contributed by atoms with E-state index in [-0.39, 0.29) is 22.8 Å². The maximum atomic E-state index is 11.5. The molecule has 0 aliphatic rings. The number of nitrogen functional groups attached to an aromatic ring is 1. The van der Waals surface area contributed by atoms with Crippen molar-refractivity contribution in [3.8, 4) is 6.07 Å². The van der Waals surface area contributed by atoms with Crippen LogP contribution in [0.1, 0.15) is 12.5 Å². The number of sulfonamides is 1. The molecule has 0 bridgehead atoms. The third kappa shape index (κ3) is 2.43. The first-order chi connectivity index (χ1) is 7.01. The molecule has 0 atom stereocenters. The number of hydrogen-bond donors (Lipinski definition) is 2. The van der Waals surface area contributed by atoms with Crippen molar-refractivity contribution in [1.29, 1.82) is 5.26 Å². The number of anilines is 1. The van der Waals surface area contributed by atoms with Crippen LogP contribution in [0.3, 0.4) is 0 Å². The molecule has 0 spiro atoms. The summed E-state index contributed by atoms with van der Waals surface area (Å²) in [6, 6.07) is 2.96. The lowest BCUT2D eigenvalue weighted by Crippen LogP contribution is -2.23. The number of nitrogens with one attached hydrogen (secondary N) is 1. The largest absolute Gasteiger partial charge is 0.383 e. The van der Waals surface area contributed by atoms with Gasteiger partial charge in [0, 0.05) is 12.7 Å². The van der Waals surface area contributed by atoms with E-state index in [9.17, 15) is 8.42 Å². The maximum Gasteiger partial charge on any atom is 0.242 e. The fourth-order valence-electron chi connectivity index (χ4n) is 0.966. The lowest BCUT2D eigenvalue weighted by atomic mass is 10.3. The average Bonchev–Trinajstić information content (AvgIpc) is 2.18. The summed E-state index contributed by atoms with van der Waals surface area (Å²) in [5.74, 6) is 0.0212. The van der Waals surface area contributed by atoms with Gasteiger partial charge in [0.05, 0.1) is 5.56 Å². The molecule has 80 valence electrons.